The largest absolute Gasteiger partial charge is 0.490 e. The summed E-state index contributed by atoms with van der Waals surface area (Å²) in [6.07, 6.45) is 3.97. The van der Waals surface area contributed by atoms with E-state index in [-0.39, 0.29) is 18.9 Å². The Balaban J connectivity index is 2.06. The first kappa shape index (κ1) is 23.7. The SMILES string of the molecule is CCCCOc1c(Cl)cc(Cc2ccccc2OCC(=O)CNS(C)=O)cc1Cl. The summed E-state index contributed by atoms with van der Waals surface area (Å²) in [4.78, 5) is 11.9. The van der Waals surface area contributed by atoms with Gasteiger partial charge in [-0.1, -0.05) is 54.7 Å². The molecule has 2 aromatic carbocycles. The number of carbonyl (C=O) groups is 1. The molecule has 1 N–H and O–H groups in total. The van der Waals surface area contributed by atoms with Crippen LogP contribution in [-0.4, -0.2) is 36.0 Å². The number of Topliss-reactive ketones (excluding diaryl/α,β-unsaturated/α-hetero) is 1. The lowest BCUT2D eigenvalue weighted by Gasteiger charge is -2.14. The second-order valence-electron chi connectivity index (χ2n) is 6.48. The number of benzene rings is 2. The van der Waals surface area contributed by atoms with E-state index in [1.165, 1.54) is 6.26 Å². The Kier molecular flexibility index (Phi) is 9.94. The third kappa shape index (κ3) is 7.97. The van der Waals surface area contributed by atoms with E-state index < -0.39 is 11.0 Å². The van der Waals surface area contributed by atoms with Crippen molar-refractivity contribution >= 4 is 40.0 Å². The number of unbranched alkanes of at least 4 members (excludes halogenated alkanes) is 1. The van der Waals surface area contributed by atoms with Crippen molar-refractivity contribution in [2.45, 2.75) is 26.2 Å². The molecule has 0 heterocycles. The molecule has 0 saturated heterocycles. The number of ether oxygens (including phenoxy) is 2. The summed E-state index contributed by atoms with van der Waals surface area (Å²) in [5.74, 6) is 0.921. The van der Waals surface area contributed by atoms with Crippen LogP contribution in [0.5, 0.6) is 11.5 Å². The summed E-state index contributed by atoms with van der Waals surface area (Å²) in [5, 5.41) is 0.937. The zero-order valence-corrected chi connectivity index (χ0v) is 18.8. The first-order valence-electron chi connectivity index (χ1n) is 9.30. The third-order valence-corrected chi connectivity index (χ3v) is 5.14. The summed E-state index contributed by atoms with van der Waals surface area (Å²) in [7, 11) is -1.24. The zero-order valence-electron chi connectivity index (χ0n) is 16.5. The van der Waals surface area contributed by atoms with Gasteiger partial charge >= 0.3 is 0 Å². The van der Waals surface area contributed by atoms with Crippen molar-refractivity contribution in [2.75, 3.05) is 26.0 Å². The van der Waals surface area contributed by atoms with Crippen LogP contribution in [0.15, 0.2) is 36.4 Å². The maximum atomic E-state index is 11.9. The summed E-state index contributed by atoms with van der Waals surface area (Å²) >= 11 is 12.7. The minimum atomic E-state index is -1.24. The fraction of sp³-hybridized carbons (Fsp3) is 0.381. The Morgan fingerprint density at radius 3 is 2.48 bits per heavy atom. The van der Waals surface area contributed by atoms with Crippen LogP contribution >= 0.6 is 23.2 Å². The molecule has 29 heavy (non-hydrogen) atoms. The molecule has 2 rings (SSSR count). The van der Waals surface area contributed by atoms with Gasteiger partial charge < -0.3 is 9.47 Å². The van der Waals surface area contributed by atoms with Crippen molar-refractivity contribution in [3.05, 3.63) is 57.6 Å². The monoisotopic (exact) mass is 457 g/mol. The third-order valence-electron chi connectivity index (χ3n) is 4.03. The van der Waals surface area contributed by atoms with E-state index in [0.717, 1.165) is 24.0 Å². The van der Waals surface area contributed by atoms with Gasteiger partial charge in [-0.2, -0.15) is 0 Å². The van der Waals surface area contributed by atoms with Crippen molar-refractivity contribution in [2.24, 2.45) is 0 Å². The zero-order chi connectivity index (χ0) is 21.2. The predicted molar refractivity (Wildman–Crippen MR) is 119 cm³/mol. The number of hydrogen-bond acceptors (Lipinski definition) is 4. The minimum Gasteiger partial charge on any atom is -0.490 e. The topological polar surface area (TPSA) is 64.6 Å². The Morgan fingerprint density at radius 2 is 1.83 bits per heavy atom. The lowest BCUT2D eigenvalue weighted by Crippen LogP contribution is -2.28. The molecule has 0 aliphatic carbocycles. The molecule has 2 aromatic rings. The standard InChI is InChI=1S/C21H25Cl2NO4S/c1-3-4-9-27-21-18(22)11-15(12-19(21)23)10-16-7-5-6-8-20(16)28-14-17(25)13-24-29(2)26/h5-8,11-12,24H,3-4,9-10,13-14H2,1-2H3. The molecule has 0 radical (unpaired) electrons. The number of nitrogens with one attached hydrogen (secondary N) is 1. The number of rotatable bonds is 12. The van der Waals surface area contributed by atoms with Crippen molar-refractivity contribution < 1.29 is 18.5 Å². The normalized spacial score (nSPS) is 11.9. The molecule has 0 amide bonds. The van der Waals surface area contributed by atoms with E-state index >= 15 is 0 Å². The Labute approximate surface area is 184 Å². The first-order chi connectivity index (χ1) is 13.9. The molecule has 5 nitrogen and oxygen atoms in total. The minimum absolute atomic E-state index is 0.00398. The van der Waals surface area contributed by atoms with Gasteiger partial charge in [-0.3, -0.25) is 4.79 Å². The Hall–Kier alpha value is -1.60. The van der Waals surface area contributed by atoms with E-state index in [2.05, 4.69) is 11.6 Å². The Morgan fingerprint density at radius 1 is 1.14 bits per heavy atom. The number of ketones is 1. The maximum Gasteiger partial charge on any atom is 0.184 e. The maximum absolute atomic E-state index is 11.9. The molecule has 1 unspecified atom stereocenters. The van der Waals surface area contributed by atoms with Gasteiger partial charge in [0, 0.05) is 12.7 Å². The lowest BCUT2D eigenvalue weighted by molar-refractivity contribution is -0.119. The molecule has 0 bridgehead atoms. The van der Waals surface area contributed by atoms with E-state index in [1.807, 2.05) is 30.3 Å². The molecule has 0 aliphatic rings. The van der Waals surface area contributed by atoms with Gasteiger partial charge in [-0.15, -0.1) is 0 Å². The van der Waals surface area contributed by atoms with Crippen molar-refractivity contribution in [1.29, 1.82) is 0 Å². The number of para-hydroxylation sites is 1. The first-order valence-corrected chi connectivity index (χ1v) is 11.6. The van der Waals surface area contributed by atoms with Crippen LogP contribution < -0.4 is 14.2 Å². The highest BCUT2D eigenvalue weighted by atomic mass is 35.5. The fourth-order valence-corrected chi connectivity index (χ4v) is 3.58. The van der Waals surface area contributed by atoms with Crippen molar-refractivity contribution in [3.8, 4) is 11.5 Å². The molecular formula is C21H25Cl2NO4S. The molecule has 0 fully saturated rings. The second-order valence-corrected chi connectivity index (χ2v) is 8.49. The summed E-state index contributed by atoms with van der Waals surface area (Å²) in [5.41, 5.74) is 1.81. The van der Waals surface area contributed by atoms with Gasteiger partial charge in [0.15, 0.2) is 11.5 Å². The smallest absolute Gasteiger partial charge is 0.184 e. The lowest BCUT2D eigenvalue weighted by atomic mass is 10.0. The van der Waals surface area contributed by atoms with E-state index in [0.29, 0.717) is 34.6 Å². The second kappa shape index (κ2) is 12.2. The summed E-state index contributed by atoms with van der Waals surface area (Å²) < 4.78 is 24.9. The van der Waals surface area contributed by atoms with Gasteiger partial charge in [0.1, 0.15) is 12.4 Å². The van der Waals surface area contributed by atoms with Gasteiger partial charge in [0.05, 0.1) is 34.2 Å². The summed E-state index contributed by atoms with van der Waals surface area (Å²) in [6.45, 7) is 2.55. The van der Waals surface area contributed by atoms with Crippen molar-refractivity contribution in [1.82, 2.24) is 4.72 Å². The van der Waals surface area contributed by atoms with Crippen molar-refractivity contribution in [3.63, 3.8) is 0 Å². The number of hydrogen-bond donors (Lipinski definition) is 1. The van der Waals surface area contributed by atoms with E-state index in [9.17, 15) is 9.00 Å². The quantitative estimate of drug-likeness (QED) is 0.473. The molecule has 0 aliphatic heterocycles. The molecule has 1 atom stereocenters. The predicted octanol–water partition coefficient (Wildman–Crippen LogP) is 4.59. The Bertz CT molecular complexity index is 837. The fourth-order valence-electron chi connectivity index (χ4n) is 2.57. The van der Waals surface area contributed by atoms with Crippen LogP contribution in [0.2, 0.25) is 10.0 Å². The highest BCUT2D eigenvalue weighted by Gasteiger charge is 2.13. The van der Waals surface area contributed by atoms with Gasteiger partial charge in [0.2, 0.25) is 0 Å². The van der Waals surface area contributed by atoms with Gasteiger partial charge in [0.25, 0.3) is 0 Å². The van der Waals surface area contributed by atoms with Crippen LogP contribution in [0, 0.1) is 0 Å². The number of halogens is 2. The average molecular weight is 458 g/mol. The summed E-state index contributed by atoms with van der Waals surface area (Å²) in [6, 6.07) is 11.1. The van der Waals surface area contributed by atoms with Gasteiger partial charge in [-0.25, -0.2) is 8.93 Å². The number of carbonyl (C=O) groups excluding carboxylic acids is 1. The van der Waals surface area contributed by atoms with Crippen LogP contribution in [0.1, 0.15) is 30.9 Å². The molecule has 158 valence electrons. The molecule has 0 spiro atoms. The van der Waals surface area contributed by atoms with Crippen LogP contribution in [0.3, 0.4) is 0 Å². The van der Waals surface area contributed by atoms with Crippen LogP contribution in [0.4, 0.5) is 0 Å². The molecule has 0 aromatic heterocycles. The highest BCUT2D eigenvalue weighted by molar-refractivity contribution is 7.82. The van der Waals surface area contributed by atoms with Gasteiger partial charge in [-0.05, 0) is 35.7 Å². The van der Waals surface area contributed by atoms with Crippen LogP contribution in [-0.2, 0) is 22.2 Å². The van der Waals surface area contributed by atoms with Crippen LogP contribution in [0.25, 0.3) is 0 Å². The highest BCUT2D eigenvalue weighted by Crippen LogP contribution is 2.35. The molecule has 8 heteroatoms. The van der Waals surface area contributed by atoms with E-state index in [4.69, 9.17) is 32.7 Å². The molecule has 0 saturated carbocycles. The van der Waals surface area contributed by atoms with E-state index in [1.54, 1.807) is 6.07 Å². The average Bonchev–Trinajstić information content (AvgIpc) is 2.68. The molecular weight excluding hydrogens is 433 g/mol.